The van der Waals surface area contributed by atoms with Crippen LogP contribution in [0.2, 0.25) is 0 Å². The predicted octanol–water partition coefficient (Wildman–Crippen LogP) is 3.79. The van der Waals surface area contributed by atoms with Gasteiger partial charge in [-0.05, 0) is 68.6 Å². The van der Waals surface area contributed by atoms with Crippen LogP contribution < -0.4 is 0 Å². The Morgan fingerprint density at radius 2 is 1.61 bits per heavy atom. The van der Waals surface area contributed by atoms with Crippen LogP contribution in [0.5, 0.6) is 0 Å². The van der Waals surface area contributed by atoms with Crippen LogP contribution in [0.1, 0.15) is 58.8 Å². The Hall–Kier alpha value is -0.530. The predicted molar refractivity (Wildman–Crippen MR) is 71.0 cm³/mol. The summed E-state index contributed by atoms with van der Waals surface area (Å²) in [6.07, 6.45) is 8.73. The topological polar surface area (TPSA) is 26.3 Å². The molecule has 4 atom stereocenters. The molecule has 2 nitrogen and oxygen atoms in total. The van der Waals surface area contributed by atoms with E-state index in [2.05, 4.69) is 13.8 Å². The molecule has 0 aliphatic heterocycles. The Labute approximate surface area is 110 Å². The molecule has 0 saturated heterocycles. The van der Waals surface area contributed by atoms with E-state index in [4.69, 9.17) is 4.74 Å². The fourth-order valence-corrected chi connectivity index (χ4v) is 4.58. The molecule has 0 aromatic carbocycles. The lowest BCUT2D eigenvalue weighted by Crippen LogP contribution is -2.33. The van der Waals surface area contributed by atoms with Gasteiger partial charge >= 0.3 is 5.97 Å². The highest BCUT2D eigenvalue weighted by Gasteiger charge is 2.49. The van der Waals surface area contributed by atoms with E-state index in [1.807, 2.05) is 0 Å². The van der Waals surface area contributed by atoms with Crippen LogP contribution in [0.3, 0.4) is 0 Å². The molecule has 0 aromatic rings. The average Bonchev–Trinajstić information content (AvgIpc) is 2.92. The van der Waals surface area contributed by atoms with Gasteiger partial charge in [-0.25, -0.2) is 0 Å². The van der Waals surface area contributed by atoms with E-state index in [1.54, 1.807) is 0 Å². The van der Waals surface area contributed by atoms with Crippen LogP contribution in [0.15, 0.2) is 0 Å². The standard InChI is InChI=1S/C16H26O2/c1-10-3-7-14(8-4-10)18-16(17)15-11(2)12-5-6-13(15)9-12/h10-15H,3-9H2,1-2H3. The Morgan fingerprint density at radius 3 is 2.22 bits per heavy atom. The number of carbonyl (C=O) groups excluding carboxylic acids is 1. The maximum Gasteiger partial charge on any atom is 0.309 e. The van der Waals surface area contributed by atoms with Crippen molar-refractivity contribution >= 4 is 5.97 Å². The van der Waals surface area contributed by atoms with Gasteiger partial charge in [-0.2, -0.15) is 0 Å². The van der Waals surface area contributed by atoms with Crippen molar-refractivity contribution in [1.29, 1.82) is 0 Å². The van der Waals surface area contributed by atoms with Gasteiger partial charge in [0.15, 0.2) is 0 Å². The van der Waals surface area contributed by atoms with Crippen molar-refractivity contribution < 1.29 is 9.53 Å². The lowest BCUT2D eigenvalue weighted by molar-refractivity contribution is -0.159. The fourth-order valence-electron chi connectivity index (χ4n) is 4.58. The summed E-state index contributed by atoms with van der Waals surface area (Å²) >= 11 is 0. The minimum absolute atomic E-state index is 0.134. The number of hydrogen-bond donors (Lipinski definition) is 0. The van der Waals surface area contributed by atoms with Gasteiger partial charge in [0.1, 0.15) is 6.10 Å². The normalized spacial score (nSPS) is 47.2. The third kappa shape index (κ3) is 2.19. The summed E-state index contributed by atoms with van der Waals surface area (Å²) < 4.78 is 5.81. The zero-order valence-electron chi connectivity index (χ0n) is 11.7. The van der Waals surface area contributed by atoms with Crippen LogP contribution in [-0.4, -0.2) is 12.1 Å². The zero-order valence-corrected chi connectivity index (χ0v) is 11.7. The van der Waals surface area contributed by atoms with Crippen molar-refractivity contribution in [3.8, 4) is 0 Å². The summed E-state index contributed by atoms with van der Waals surface area (Å²) in [5.41, 5.74) is 0. The monoisotopic (exact) mass is 250 g/mol. The molecule has 4 unspecified atom stereocenters. The van der Waals surface area contributed by atoms with Gasteiger partial charge in [-0.3, -0.25) is 4.79 Å². The van der Waals surface area contributed by atoms with Crippen LogP contribution in [0, 0.1) is 29.6 Å². The summed E-state index contributed by atoms with van der Waals surface area (Å²) in [7, 11) is 0. The third-order valence-corrected chi connectivity index (χ3v) is 5.85. The fraction of sp³-hybridized carbons (Fsp3) is 0.938. The summed E-state index contributed by atoms with van der Waals surface area (Å²) in [6.45, 7) is 4.56. The molecule has 3 rings (SSSR count). The maximum absolute atomic E-state index is 12.4. The lowest BCUT2D eigenvalue weighted by Gasteiger charge is -2.31. The summed E-state index contributed by atoms with van der Waals surface area (Å²) in [5.74, 6) is 3.19. The molecule has 0 N–H and O–H groups in total. The number of rotatable bonds is 2. The van der Waals surface area contributed by atoms with E-state index in [1.165, 1.54) is 32.1 Å². The van der Waals surface area contributed by atoms with Crippen LogP contribution >= 0.6 is 0 Å². The van der Waals surface area contributed by atoms with Crippen molar-refractivity contribution in [2.24, 2.45) is 29.6 Å². The number of fused-ring (bicyclic) bond motifs is 2. The van der Waals surface area contributed by atoms with E-state index in [9.17, 15) is 4.79 Å². The summed E-state index contributed by atoms with van der Waals surface area (Å²) in [6, 6.07) is 0. The molecule has 0 spiro atoms. The lowest BCUT2D eigenvalue weighted by atomic mass is 9.80. The molecular weight excluding hydrogens is 224 g/mol. The van der Waals surface area contributed by atoms with Crippen molar-refractivity contribution in [1.82, 2.24) is 0 Å². The van der Waals surface area contributed by atoms with Gasteiger partial charge in [-0.1, -0.05) is 13.8 Å². The first-order valence-corrected chi connectivity index (χ1v) is 7.85. The van der Waals surface area contributed by atoms with Crippen LogP contribution in [0.4, 0.5) is 0 Å². The molecule has 3 aliphatic rings. The third-order valence-electron chi connectivity index (χ3n) is 5.85. The number of esters is 1. The Morgan fingerprint density at radius 1 is 0.944 bits per heavy atom. The first-order chi connectivity index (χ1) is 8.65. The van der Waals surface area contributed by atoms with E-state index >= 15 is 0 Å². The highest BCUT2D eigenvalue weighted by atomic mass is 16.5. The largest absolute Gasteiger partial charge is 0.462 e. The van der Waals surface area contributed by atoms with E-state index in [0.29, 0.717) is 11.8 Å². The number of carbonyl (C=O) groups is 1. The molecule has 18 heavy (non-hydrogen) atoms. The molecular formula is C16H26O2. The molecule has 0 radical (unpaired) electrons. The summed E-state index contributed by atoms with van der Waals surface area (Å²) in [4.78, 5) is 12.4. The summed E-state index contributed by atoms with van der Waals surface area (Å²) in [5, 5.41) is 0. The van der Waals surface area contributed by atoms with E-state index < -0.39 is 0 Å². The van der Waals surface area contributed by atoms with Gasteiger partial charge in [0.2, 0.25) is 0 Å². The van der Waals surface area contributed by atoms with E-state index in [-0.39, 0.29) is 18.0 Å². The first-order valence-electron chi connectivity index (χ1n) is 7.85. The SMILES string of the molecule is CC1CCC(OC(=O)C2C3CCC(C3)C2C)CC1. The van der Waals surface area contributed by atoms with Crippen molar-refractivity contribution in [2.45, 2.75) is 64.9 Å². The average molecular weight is 250 g/mol. The molecule has 3 fully saturated rings. The second-order valence-electron chi connectivity index (χ2n) is 7.04. The van der Waals surface area contributed by atoms with Crippen molar-refractivity contribution in [3.63, 3.8) is 0 Å². The molecule has 102 valence electrons. The second-order valence-corrected chi connectivity index (χ2v) is 7.04. The first kappa shape index (κ1) is 12.5. The van der Waals surface area contributed by atoms with Gasteiger partial charge in [0.25, 0.3) is 0 Å². The number of hydrogen-bond acceptors (Lipinski definition) is 2. The zero-order chi connectivity index (χ0) is 12.7. The molecule has 0 aromatic heterocycles. The van der Waals surface area contributed by atoms with Crippen LogP contribution in [-0.2, 0) is 9.53 Å². The van der Waals surface area contributed by atoms with Crippen molar-refractivity contribution in [2.75, 3.05) is 0 Å². The number of ether oxygens (including phenoxy) is 1. The maximum atomic E-state index is 12.4. The Bertz CT molecular complexity index is 315. The molecule has 0 amide bonds. The minimum atomic E-state index is 0.134. The highest BCUT2D eigenvalue weighted by molar-refractivity contribution is 5.74. The Balaban J connectivity index is 1.55. The van der Waals surface area contributed by atoms with Gasteiger partial charge in [-0.15, -0.1) is 0 Å². The van der Waals surface area contributed by atoms with Gasteiger partial charge < -0.3 is 4.74 Å². The van der Waals surface area contributed by atoms with Crippen LogP contribution in [0.25, 0.3) is 0 Å². The molecule has 2 bridgehead atoms. The smallest absolute Gasteiger partial charge is 0.309 e. The molecule has 3 saturated carbocycles. The second kappa shape index (κ2) is 4.86. The van der Waals surface area contributed by atoms with Crippen molar-refractivity contribution in [3.05, 3.63) is 0 Å². The quantitative estimate of drug-likeness (QED) is 0.697. The minimum Gasteiger partial charge on any atom is -0.462 e. The van der Waals surface area contributed by atoms with Gasteiger partial charge in [0.05, 0.1) is 5.92 Å². The van der Waals surface area contributed by atoms with Gasteiger partial charge in [0, 0.05) is 0 Å². The highest BCUT2D eigenvalue weighted by Crippen LogP contribution is 2.52. The molecule has 2 heteroatoms. The molecule has 0 heterocycles. The van der Waals surface area contributed by atoms with E-state index in [0.717, 1.165) is 24.7 Å². The molecule has 3 aliphatic carbocycles. The Kier molecular flexibility index (Phi) is 3.38.